The molecule has 1 aromatic heterocycles. The first kappa shape index (κ1) is 29.9. The number of unbranched alkanes of at least 4 members (excludes halogenated alkanes) is 1. The lowest BCUT2D eigenvalue weighted by Crippen LogP contribution is -2.39. The molecule has 3 heterocycles. The Labute approximate surface area is 253 Å². The number of aromatic nitrogens is 1. The van der Waals surface area contributed by atoms with Gasteiger partial charge < -0.3 is 9.64 Å². The summed E-state index contributed by atoms with van der Waals surface area (Å²) in [5, 5.41) is 5.07. The number of amides is 1. The molecule has 2 aliphatic rings. The predicted octanol–water partition coefficient (Wildman–Crippen LogP) is 6.38. The van der Waals surface area contributed by atoms with E-state index in [4.69, 9.17) is 4.74 Å². The third-order valence-electron chi connectivity index (χ3n) is 8.09. The second-order valence-electron chi connectivity index (χ2n) is 11.2. The Morgan fingerprint density at radius 1 is 0.977 bits per heavy atom. The number of anilines is 1. The summed E-state index contributed by atoms with van der Waals surface area (Å²) < 4.78 is 61.2. The van der Waals surface area contributed by atoms with Crippen molar-refractivity contribution in [3.63, 3.8) is 0 Å². The maximum atomic E-state index is 13.5. The summed E-state index contributed by atoms with van der Waals surface area (Å²) in [6.45, 7) is 3.00. The van der Waals surface area contributed by atoms with E-state index in [1.807, 2.05) is 30.3 Å². The zero-order valence-corrected chi connectivity index (χ0v) is 25.4. The molecule has 2 fully saturated rings. The third kappa shape index (κ3) is 6.82. The van der Waals surface area contributed by atoms with Crippen LogP contribution in [0.25, 0.3) is 21.0 Å². The predicted molar refractivity (Wildman–Crippen MR) is 165 cm³/mol. The first-order chi connectivity index (χ1) is 20.7. The number of carbonyl (C=O) groups is 1. The van der Waals surface area contributed by atoms with Gasteiger partial charge in [0.2, 0.25) is 10.0 Å². The number of thiazole rings is 1. The molecular formula is C31H34F2N4O4S2. The Hall–Kier alpha value is -3.19. The van der Waals surface area contributed by atoms with Crippen LogP contribution in [0.2, 0.25) is 0 Å². The third-order valence-corrected chi connectivity index (χ3v) is 10.9. The first-order valence-electron chi connectivity index (χ1n) is 14.7. The number of likely N-dealkylation sites (tertiary alicyclic amines) is 1. The summed E-state index contributed by atoms with van der Waals surface area (Å²) in [6.07, 6.45) is 3.07. The fraction of sp³-hybridized carbons (Fsp3) is 0.419. The molecule has 0 bridgehead atoms. The molecule has 4 aromatic rings. The van der Waals surface area contributed by atoms with Crippen LogP contribution in [0.3, 0.4) is 0 Å². The van der Waals surface area contributed by atoms with Gasteiger partial charge in [-0.3, -0.25) is 10.1 Å². The van der Waals surface area contributed by atoms with Gasteiger partial charge >= 0.3 is 0 Å². The number of nitrogens with one attached hydrogen (secondary N) is 1. The number of benzene rings is 3. The molecule has 0 saturated carbocycles. The number of rotatable bonds is 10. The van der Waals surface area contributed by atoms with Crippen LogP contribution in [0, 0.1) is 0 Å². The lowest BCUT2D eigenvalue weighted by Gasteiger charge is -2.31. The van der Waals surface area contributed by atoms with Gasteiger partial charge in [0.15, 0.2) is 5.13 Å². The van der Waals surface area contributed by atoms with Crippen LogP contribution in [-0.4, -0.2) is 73.8 Å². The number of halogens is 2. The summed E-state index contributed by atoms with van der Waals surface area (Å²) >= 11 is 1.22. The van der Waals surface area contributed by atoms with Crippen LogP contribution in [0.4, 0.5) is 13.9 Å². The molecule has 1 amide bonds. The first-order valence-corrected chi connectivity index (χ1v) is 16.9. The van der Waals surface area contributed by atoms with Crippen molar-refractivity contribution in [3.8, 4) is 5.75 Å². The van der Waals surface area contributed by atoms with Gasteiger partial charge in [-0.15, -0.1) is 0 Å². The molecule has 0 unspecified atom stereocenters. The summed E-state index contributed by atoms with van der Waals surface area (Å²) in [7, 11) is -3.56. The molecule has 43 heavy (non-hydrogen) atoms. The average molecular weight is 629 g/mol. The van der Waals surface area contributed by atoms with E-state index >= 15 is 0 Å². The van der Waals surface area contributed by atoms with E-state index in [9.17, 15) is 22.0 Å². The van der Waals surface area contributed by atoms with Crippen LogP contribution >= 0.6 is 11.3 Å². The van der Waals surface area contributed by atoms with E-state index in [0.717, 1.165) is 43.0 Å². The summed E-state index contributed by atoms with van der Waals surface area (Å²) in [4.78, 5) is 20.3. The quantitative estimate of drug-likeness (QED) is 0.205. The Morgan fingerprint density at radius 3 is 2.44 bits per heavy atom. The van der Waals surface area contributed by atoms with Gasteiger partial charge in [0.25, 0.3) is 11.8 Å². The van der Waals surface area contributed by atoms with Gasteiger partial charge in [0.05, 0.1) is 27.3 Å². The zero-order valence-electron chi connectivity index (χ0n) is 23.7. The van der Waals surface area contributed by atoms with Gasteiger partial charge in [-0.05, 0) is 73.3 Å². The van der Waals surface area contributed by atoms with E-state index < -0.39 is 15.9 Å². The van der Waals surface area contributed by atoms with Crippen molar-refractivity contribution in [1.82, 2.24) is 14.2 Å². The summed E-state index contributed by atoms with van der Waals surface area (Å²) in [5.74, 6) is -2.47. The van der Waals surface area contributed by atoms with Crippen molar-refractivity contribution in [2.45, 2.75) is 49.3 Å². The molecule has 2 aliphatic heterocycles. The van der Waals surface area contributed by atoms with Crippen molar-refractivity contribution in [1.29, 1.82) is 0 Å². The van der Waals surface area contributed by atoms with Gasteiger partial charge in [-0.25, -0.2) is 22.2 Å². The van der Waals surface area contributed by atoms with Gasteiger partial charge in [0, 0.05) is 39.0 Å². The molecule has 0 spiro atoms. The Balaban J connectivity index is 1.14. The van der Waals surface area contributed by atoms with E-state index in [1.54, 1.807) is 24.3 Å². The standard InChI is InChI=1S/C31H34F2N4O4S2/c32-31(33)11-16-36(17-12-31)13-5-6-18-41-27-20-23-8-2-1-7-22(23)19-25(27)29(38)35-30-34-26-10-9-24(21-28(26)42-30)43(39,40)37-14-3-4-15-37/h1-2,7-10,19-21H,3-6,11-18H2,(H,34,35,38). The minimum absolute atomic E-state index is 0.0907. The lowest BCUT2D eigenvalue weighted by atomic mass is 10.1. The molecule has 8 nitrogen and oxygen atoms in total. The molecule has 0 radical (unpaired) electrons. The Kier molecular flexibility index (Phi) is 8.63. The van der Waals surface area contributed by atoms with Crippen molar-refractivity contribution in [2.24, 2.45) is 0 Å². The number of alkyl halides is 2. The molecule has 0 aliphatic carbocycles. The number of ether oxygens (including phenoxy) is 1. The maximum Gasteiger partial charge on any atom is 0.261 e. The van der Waals surface area contributed by atoms with E-state index in [-0.39, 0.29) is 23.6 Å². The minimum Gasteiger partial charge on any atom is -0.493 e. The Morgan fingerprint density at radius 2 is 1.70 bits per heavy atom. The van der Waals surface area contributed by atoms with E-state index in [2.05, 4.69) is 15.2 Å². The lowest BCUT2D eigenvalue weighted by molar-refractivity contribution is -0.0553. The number of piperidine rings is 1. The smallest absolute Gasteiger partial charge is 0.261 e. The van der Waals surface area contributed by atoms with Gasteiger partial charge in [-0.2, -0.15) is 4.31 Å². The molecule has 2 saturated heterocycles. The molecule has 228 valence electrons. The molecule has 1 N–H and O–H groups in total. The van der Waals surface area contributed by atoms with Crippen molar-refractivity contribution in [2.75, 3.05) is 44.6 Å². The fourth-order valence-electron chi connectivity index (χ4n) is 5.60. The summed E-state index contributed by atoms with van der Waals surface area (Å²) in [5.41, 5.74) is 0.974. The largest absolute Gasteiger partial charge is 0.493 e. The van der Waals surface area contributed by atoms with Crippen molar-refractivity contribution in [3.05, 3.63) is 60.2 Å². The Bertz CT molecular complexity index is 1730. The monoisotopic (exact) mass is 628 g/mol. The summed E-state index contributed by atoms with van der Waals surface area (Å²) in [6, 6.07) is 16.2. The van der Waals surface area contributed by atoms with E-state index in [1.165, 1.54) is 15.6 Å². The normalized spacial score (nSPS) is 17.9. The van der Waals surface area contributed by atoms with Crippen molar-refractivity contribution >= 4 is 53.4 Å². The van der Waals surface area contributed by atoms with Crippen molar-refractivity contribution < 1.29 is 26.7 Å². The highest BCUT2D eigenvalue weighted by molar-refractivity contribution is 7.89. The number of hydrogen-bond donors (Lipinski definition) is 1. The highest BCUT2D eigenvalue weighted by atomic mass is 32.2. The molecule has 0 atom stereocenters. The topological polar surface area (TPSA) is 91.8 Å². The van der Waals surface area contributed by atoms with Gasteiger partial charge in [0.1, 0.15) is 5.75 Å². The minimum atomic E-state index is -3.56. The van der Waals surface area contributed by atoms with Crippen LogP contribution in [-0.2, 0) is 10.0 Å². The van der Waals surface area contributed by atoms with Gasteiger partial charge in [-0.1, -0.05) is 35.6 Å². The average Bonchev–Trinajstić information content (AvgIpc) is 3.67. The maximum absolute atomic E-state index is 13.5. The van der Waals surface area contributed by atoms with Crippen LogP contribution in [0.1, 0.15) is 48.9 Å². The highest BCUT2D eigenvalue weighted by Crippen LogP contribution is 2.32. The van der Waals surface area contributed by atoms with Crippen LogP contribution in [0.15, 0.2) is 59.5 Å². The molecule has 3 aromatic carbocycles. The zero-order chi connectivity index (χ0) is 30.0. The van der Waals surface area contributed by atoms with Crippen LogP contribution in [0.5, 0.6) is 5.75 Å². The highest BCUT2D eigenvalue weighted by Gasteiger charge is 2.33. The molecular weight excluding hydrogens is 594 g/mol. The van der Waals surface area contributed by atoms with Crippen LogP contribution < -0.4 is 10.1 Å². The second kappa shape index (κ2) is 12.4. The number of sulfonamides is 1. The molecule has 6 rings (SSSR count). The SMILES string of the molecule is O=C(Nc1nc2ccc(S(=O)(=O)N3CCCC3)cc2s1)c1cc2ccccc2cc1OCCCCN1CCC(F)(F)CC1. The number of carbonyl (C=O) groups excluding carboxylic acids is 1. The number of nitrogens with zero attached hydrogens (tertiary/aromatic N) is 3. The second-order valence-corrected chi connectivity index (χ2v) is 14.1. The number of fused-ring (bicyclic) bond motifs is 2. The fourth-order valence-corrected chi connectivity index (χ4v) is 8.12. The molecule has 12 heteroatoms. The number of hydrogen-bond acceptors (Lipinski definition) is 7. The van der Waals surface area contributed by atoms with E-state index in [0.29, 0.717) is 59.4 Å².